The Morgan fingerprint density at radius 1 is 0.404 bits per heavy atom. The van der Waals surface area contributed by atoms with Crippen molar-refractivity contribution in [3.63, 3.8) is 0 Å². The van der Waals surface area contributed by atoms with Crippen molar-refractivity contribution < 1.29 is 25.3 Å². The predicted molar refractivity (Wildman–Crippen MR) is 244 cm³/mol. The minimum absolute atomic E-state index is 0.422. The van der Waals surface area contributed by atoms with Gasteiger partial charge in [-0.2, -0.15) is 21.0 Å². The minimum atomic E-state index is 0.422. The van der Waals surface area contributed by atoms with Gasteiger partial charge in [-0.1, -0.05) is 93.9 Å². The zero-order valence-electron chi connectivity index (χ0n) is 34.2. The average Bonchev–Trinajstić information content (AvgIpc) is 3.16. The zero-order chi connectivity index (χ0) is 41.2. The molecule has 0 aromatic rings. The van der Waals surface area contributed by atoms with Crippen LogP contribution < -0.4 is 0 Å². The number of hydrogen-bond donors (Lipinski definition) is 0. The molecule has 0 aromatic heterocycles. The molecule has 0 aromatic carbocycles. The fraction of sp³-hybridized carbons (Fsp3) is 0.895. The van der Waals surface area contributed by atoms with Gasteiger partial charge in [-0.15, -0.1) is 33.0 Å². The first-order valence-electron chi connectivity index (χ1n) is 19.3. The van der Waals surface area contributed by atoms with Crippen LogP contribution in [0.3, 0.4) is 0 Å². The molecule has 0 N–H and O–H groups in total. The average molecular weight is 974 g/mol. The van der Waals surface area contributed by atoms with E-state index in [9.17, 15) is 0 Å². The van der Waals surface area contributed by atoms with Crippen molar-refractivity contribution in [3.05, 3.63) is 0 Å². The molecule has 0 spiro atoms. The second-order valence-corrected chi connectivity index (χ2v) is 22.7. The summed E-state index contributed by atoms with van der Waals surface area (Å²) in [6, 6.07) is 8.27. The Morgan fingerprint density at radius 2 is 0.558 bits per heavy atom. The van der Waals surface area contributed by atoms with E-state index in [0.717, 1.165) is 41.8 Å². The number of hydrogen-bond acceptors (Lipinski definition) is 4. The molecule has 0 aliphatic carbocycles. The molecule has 14 heteroatoms. The van der Waals surface area contributed by atoms with E-state index in [1.165, 1.54) is 77.0 Å². The molecule has 0 heterocycles. The van der Waals surface area contributed by atoms with Crippen LogP contribution in [-0.4, -0.2) is 61.6 Å². The van der Waals surface area contributed by atoms with E-state index in [1.54, 1.807) is 37.0 Å². The van der Waals surface area contributed by atoms with Crippen molar-refractivity contribution >= 4 is 73.8 Å². The van der Waals surface area contributed by atoms with Gasteiger partial charge < -0.3 is 0 Å². The molecular weight excluding hydrogens is 896 g/mol. The summed E-state index contributed by atoms with van der Waals surface area (Å²) < 4.78 is 0. The van der Waals surface area contributed by atoms with Gasteiger partial charge in [-0.05, 0) is 100 Å². The van der Waals surface area contributed by atoms with Crippen LogP contribution in [0, 0.1) is 45.3 Å². The molecule has 0 rings (SSSR count). The molecule has 0 saturated heterocycles. The van der Waals surface area contributed by atoms with Crippen LogP contribution in [0.15, 0.2) is 0 Å². The number of rotatable bonds is 26. The van der Waals surface area contributed by atoms with Gasteiger partial charge in [0, 0.05) is 25.7 Å². The molecule has 0 unspecified atom stereocenters. The van der Waals surface area contributed by atoms with Gasteiger partial charge in [-0.25, -0.2) is 0 Å². The molecule has 318 valence electrons. The summed E-state index contributed by atoms with van der Waals surface area (Å²) in [4.78, 5) is 0. The third-order valence-corrected chi connectivity index (χ3v) is 14.7. The summed E-state index contributed by atoms with van der Waals surface area (Å²) in [6.45, 7) is 17.9. The van der Waals surface area contributed by atoms with Gasteiger partial charge >= 0.3 is 66.1 Å². The van der Waals surface area contributed by atoms with Crippen molar-refractivity contribution in [3.8, 4) is 24.3 Å². The first kappa shape index (κ1) is 68.5. The molecule has 0 aliphatic rings. The molecule has 0 amide bonds. The van der Waals surface area contributed by atoms with Crippen LogP contribution in [0.25, 0.3) is 0 Å². The third-order valence-electron chi connectivity index (χ3n) is 6.62. The molecule has 0 fully saturated rings. The van der Waals surface area contributed by atoms with Crippen molar-refractivity contribution in [2.75, 3.05) is 61.6 Å². The third kappa shape index (κ3) is 93.6. The molecule has 0 radical (unpaired) electrons. The number of nitriles is 4. The van der Waals surface area contributed by atoms with Gasteiger partial charge in [0.15, 0.2) is 0 Å². The second kappa shape index (κ2) is 81.1. The summed E-state index contributed by atoms with van der Waals surface area (Å²) in [5.41, 5.74) is 0. The van der Waals surface area contributed by atoms with Gasteiger partial charge in [0.1, 0.15) is 0 Å². The standard InChI is InChI=1S/2C12H27P.2C6H9N2P.C2H6.4ClH.2Ni/c2*1-4-7-10-13(11-8-5-2)12-9-6-3;2*7-3-1-5-9-6-2-4-8;1-2;;;;;;/h2*4-12H2,1-3H3;2*9H,1-2,5-6H2;1-2H3;4*1H;;/q;;;;;;;;;2*+2/p-4. The Balaban J connectivity index is -0.0000000980. The van der Waals surface area contributed by atoms with Gasteiger partial charge in [0.2, 0.25) is 0 Å². The van der Waals surface area contributed by atoms with Crippen molar-refractivity contribution in [1.82, 2.24) is 0 Å². The summed E-state index contributed by atoms with van der Waals surface area (Å²) in [6.07, 6.45) is 32.9. The maximum absolute atomic E-state index is 8.11. The summed E-state index contributed by atoms with van der Waals surface area (Å²) in [5.74, 6) is 0. The van der Waals surface area contributed by atoms with Crippen LogP contribution in [0.4, 0.5) is 0 Å². The van der Waals surface area contributed by atoms with E-state index in [4.69, 9.17) is 61.8 Å². The fourth-order valence-electron chi connectivity index (χ4n) is 3.79. The quantitative estimate of drug-likeness (QED) is 0.0490. The van der Waals surface area contributed by atoms with Crippen LogP contribution in [0.1, 0.15) is 158 Å². The molecule has 0 aliphatic heterocycles. The monoisotopic (exact) mass is 970 g/mol. The van der Waals surface area contributed by atoms with E-state index in [2.05, 4.69) is 65.8 Å². The first-order chi connectivity index (χ1) is 25.3. The van der Waals surface area contributed by atoms with Crippen LogP contribution in [0.2, 0.25) is 0 Å². The van der Waals surface area contributed by atoms with Crippen molar-refractivity contribution in [2.45, 2.75) is 158 Å². The molecule has 4 nitrogen and oxygen atoms in total. The fourth-order valence-corrected chi connectivity index (χ4v) is 11.4. The van der Waals surface area contributed by atoms with Crippen LogP contribution in [-0.2, 0) is 25.3 Å². The van der Waals surface area contributed by atoms with E-state index in [1.807, 2.05) is 13.8 Å². The summed E-state index contributed by atoms with van der Waals surface area (Å²) in [7, 11) is 21.3. The Hall–Kier alpha value is 1.83. The molecule has 0 bridgehead atoms. The van der Waals surface area contributed by atoms with Crippen LogP contribution in [0.5, 0.6) is 0 Å². The second-order valence-electron chi connectivity index (χ2n) is 11.0. The molecule has 0 atom stereocenters. The van der Waals surface area contributed by atoms with Gasteiger partial charge in [0.05, 0.1) is 24.3 Å². The predicted octanol–water partition coefficient (Wildman–Crippen LogP) is 16.5. The van der Waals surface area contributed by atoms with E-state index >= 15 is 0 Å². The van der Waals surface area contributed by atoms with Gasteiger partial charge in [-0.3, -0.25) is 0 Å². The van der Waals surface area contributed by atoms with Crippen molar-refractivity contribution in [2.24, 2.45) is 0 Å². The first-order valence-corrected chi connectivity index (χ1v) is 31.4. The van der Waals surface area contributed by atoms with E-state index in [0.29, 0.717) is 66.8 Å². The summed E-state index contributed by atoms with van der Waals surface area (Å²) >= 11 is 1.14. The Kier molecular flexibility index (Phi) is 107. The van der Waals surface area contributed by atoms with E-state index in [-0.39, 0.29) is 0 Å². The normalized spacial score (nSPS) is 9.19. The SMILES string of the molecule is CC.CCCCP(CCCC)CCCC.CCCCP(CCCC)CCCC.N#CCCPCCC#N.N#CCCPCCC#N.[Cl][Ni][Cl].[Cl][Ni][Cl]. The number of unbranched alkanes of at least 4 members (excludes halogenated alkanes) is 6. The van der Waals surface area contributed by atoms with Gasteiger partial charge in [0.25, 0.3) is 0 Å². The Labute approximate surface area is 361 Å². The molecule has 0 saturated carbocycles. The van der Waals surface area contributed by atoms with E-state index < -0.39 is 0 Å². The number of halogens is 4. The van der Waals surface area contributed by atoms with Crippen LogP contribution >= 0.6 is 73.8 Å². The zero-order valence-corrected chi connectivity index (χ0v) is 43.0. The molecular formula is C38H78Cl4N4Ni2P4. The maximum atomic E-state index is 8.11. The Morgan fingerprint density at radius 3 is 0.673 bits per heavy atom. The Bertz CT molecular complexity index is 612. The molecule has 52 heavy (non-hydrogen) atoms. The van der Waals surface area contributed by atoms with Crippen molar-refractivity contribution in [1.29, 1.82) is 21.0 Å². The summed E-state index contributed by atoms with van der Waals surface area (Å²) in [5, 5.41) is 32.4. The number of nitrogens with zero attached hydrogens (tertiary/aromatic N) is 4. The topological polar surface area (TPSA) is 95.2 Å².